The third-order valence-corrected chi connectivity index (χ3v) is 3.24. The number of hydrogen-bond acceptors (Lipinski definition) is 2. The molecule has 2 nitrogen and oxygen atoms in total. The van der Waals surface area contributed by atoms with Crippen LogP contribution in [0.3, 0.4) is 0 Å². The number of nitrogens with one attached hydrogen (secondary N) is 1. The molecule has 2 heteroatoms. The highest BCUT2D eigenvalue weighted by molar-refractivity contribution is 4.71. The molecule has 0 radical (unpaired) electrons. The fraction of sp³-hybridized carbons (Fsp3) is 1.00. The molecule has 0 fully saturated rings. The van der Waals surface area contributed by atoms with Gasteiger partial charge in [0.2, 0.25) is 0 Å². The Morgan fingerprint density at radius 2 is 1.81 bits per heavy atom. The van der Waals surface area contributed by atoms with Crippen LogP contribution in [-0.4, -0.2) is 25.8 Å². The van der Waals surface area contributed by atoms with Crippen LogP contribution >= 0.6 is 0 Å². The average Bonchev–Trinajstić information content (AvgIpc) is 2.31. The van der Waals surface area contributed by atoms with Crippen LogP contribution in [0.15, 0.2) is 0 Å². The van der Waals surface area contributed by atoms with Crippen molar-refractivity contribution in [2.24, 2.45) is 5.92 Å². The molecule has 0 saturated heterocycles. The minimum absolute atomic E-state index is 0.529. The van der Waals surface area contributed by atoms with E-state index in [-0.39, 0.29) is 0 Å². The van der Waals surface area contributed by atoms with Crippen molar-refractivity contribution in [3.05, 3.63) is 0 Å². The Hall–Kier alpha value is -0.0800. The highest BCUT2D eigenvalue weighted by Gasteiger charge is 2.14. The Morgan fingerprint density at radius 3 is 2.38 bits per heavy atom. The largest absolute Gasteiger partial charge is 0.380 e. The van der Waals surface area contributed by atoms with Gasteiger partial charge in [-0.15, -0.1) is 0 Å². The molecule has 0 saturated carbocycles. The monoisotopic (exact) mass is 229 g/mol. The summed E-state index contributed by atoms with van der Waals surface area (Å²) in [7, 11) is 0. The van der Waals surface area contributed by atoms with Crippen molar-refractivity contribution in [2.75, 3.05) is 19.8 Å². The predicted octanol–water partition coefficient (Wildman–Crippen LogP) is 3.61. The van der Waals surface area contributed by atoms with Gasteiger partial charge in [0.15, 0.2) is 0 Å². The predicted molar refractivity (Wildman–Crippen MR) is 71.9 cm³/mol. The van der Waals surface area contributed by atoms with E-state index >= 15 is 0 Å². The van der Waals surface area contributed by atoms with Gasteiger partial charge >= 0.3 is 0 Å². The summed E-state index contributed by atoms with van der Waals surface area (Å²) < 4.78 is 5.76. The van der Waals surface area contributed by atoms with Gasteiger partial charge in [-0.2, -0.15) is 0 Å². The molecule has 1 N–H and O–H groups in total. The minimum atomic E-state index is 0.529. The van der Waals surface area contributed by atoms with Gasteiger partial charge in [0, 0.05) is 12.6 Å². The number of hydrogen-bond donors (Lipinski definition) is 1. The molecule has 2 unspecified atom stereocenters. The standard InChI is InChI=1S/C14H31NO/c1-5-8-9-10-11-16-12-14(15-7-3)13(4)6-2/h13-15H,5-12H2,1-4H3. The summed E-state index contributed by atoms with van der Waals surface area (Å²) in [4.78, 5) is 0. The maximum atomic E-state index is 5.76. The Kier molecular flexibility index (Phi) is 11.3. The van der Waals surface area contributed by atoms with E-state index in [0.29, 0.717) is 12.0 Å². The second-order valence-electron chi connectivity index (χ2n) is 4.69. The Morgan fingerprint density at radius 1 is 1.06 bits per heavy atom. The van der Waals surface area contributed by atoms with E-state index in [9.17, 15) is 0 Å². The quantitative estimate of drug-likeness (QED) is 0.547. The molecule has 0 aromatic rings. The van der Waals surface area contributed by atoms with Crippen LogP contribution in [0, 0.1) is 5.92 Å². The Balaban J connectivity index is 3.52. The molecular weight excluding hydrogens is 198 g/mol. The second kappa shape index (κ2) is 11.4. The molecule has 0 aromatic carbocycles. The van der Waals surface area contributed by atoms with Gasteiger partial charge in [-0.25, -0.2) is 0 Å². The normalized spacial score (nSPS) is 15.0. The maximum absolute atomic E-state index is 5.76. The fourth-order valence-electron chi connectivity index (χ4n) is 1.81. The molecule has 0 heterocycles. The van der Waals surface area contributed by atoms with E-state index in [4.69, 9.17) is 4.74 Å². The smallest absolute Gasteiger partial charge is 0.0622 e. The van der Waals surface area contributed by atoms with Crippen molar-refractivity contribution in [3.8, 4) is 0 Å². The van der Waals surface area contributed by atoms with Crippen molar-refractivity contribution in [1.29, 1.82) is 0 Å². The van der Waals surface area contributed by atoms with Crippen LogP contribution < -0.4 is 5.32 Å². The van der Waals surface area contributed by atoms with Crippen LogP contribution in [0.4, 0.5) is 0 Å². The summed E-state index contributed by atoms with van der Waals surface area (Å²) >= 11 is 0. The topological polar surface area (TPSA) is 21.3 Å². The van der Waals surface area contributed by atoms with Gasteiger partial charge in [0.05, 0.1) is 6.61 Å². The SMILES string of the molecule is CCCCCCOCC(NCC)C(C)CC. The van der Waals surface area contributed by atoms with Crippen LogP contribution in [0.1, 0.15) is 59.8 Å². The second-order valence-corrected chi connectivity index (χ2v) is 4.69. The van der Waals surface area contributed by atoms with Crippen molar-refractivity contribution in [1.82, 2.24) is 5.32 Å². The van der Waals surface area contributed by atoms with Crippen LogP contribution in [-0.2, 0) is 4.74 Å². The summed E-state index contributed by atoms with van der Waals surface area (Å²) in [5.41, 5.74) is 0. The molecule has 0 amide bonds. The first-order valence-corrected chi connectivity index (χ1v) is 7.07. The van der Waals surface area contributed by atoms with Gasteiger partial charge < -0.3 is 10.1 Å². The van der Waals surface area contributed by atoms with E-state index in [1.165, 1.54) is 32.1 Å². The zero-order chi connectivity index (χ0) is 12.2. The first kappa shape index (κ1) is 15.9. The van der Waals surface area contributed by atoms with E-state index in [1.807, 2.05) is 0 Å². The molecule has 2 atom stereocenters. The van der Waals surface area contributed by atoms with E-state index in [0.717, 1.165) is 19.8 Å². The molecule has 0 aliphatic carbocycles. The molecule has 98 valence electrons. The van der Waals surface area contributed by atoms with Gasteiger partial charge in [0.25, 0.3) is 0 Å². The van der Waals surface area contributed by atoms with Gasteiger partial charge in [-0.3, -0.25) is 0 Å². The molecule has 0 aliphatic heterocycles. The summed E-state index contributed by atoms with van der Waals surface area (Å²) in [6, 6.07) is 0.529. The Bertz CT molecular complexity index is 139. The van der Waals surface area contributed by atoms with Crippen LogP contribution in [0.25, 0.3) is 0 Å². The molecule has 0 bridgehead atoms. The number of likely N-dealkylation sites (N-methyl/N-ethyl adjacent to an activating group) is 1. The van der Waals surface area contributed by atoms with Gasteiger partial charge in [-0.05, 0) is 18.9 Å². The fourth-order valence-corrected chi connectivity index (χ4v) is 1.81. The van der Waals surface area contributed by atoms with Crippen LogP contribution in [0.5, 0.6) is 0 Å². The minimum Gasteiger partial charge on any atom is -0.380 e. The van der Waals surface area contributed by atoms with Crippen molar-refractivity contribution >= 4 is 0 Å². The maximum Gasteiger partial charge on any atom is 0.0622 e. The lowest BCUT2D eigenvalue weighted by molar-refractivity contribution is 0.0923. The lowest BCUT2D eigenvalue weighted by Crippen LogP contribution is -2.38. The molecule has 16 heavy (non-hydrogen) atoms. The summed E-state index contributed by atoms with van der Waals surface area (Å²) in [6.45, 7) is 11.8. The zero-order valence-electron chi connectivity index (χ0n) is 11.7. The van der Waals surface area contributed by atoms with E-state index in [2.05, 4.69) is 33.0 Å². The number of ether oxygens (including phenoxy) is 1. The molecule has 0 aromatic heterocycles. The average molecular weight is 229 g/mol. The first-order chi connectivity index (χ1) is 7.76. The van der Waals surface area contributed by atoms with E-state index in [1.54, 1.807) is 0 Å². The highest BCUT2D eigenvalue weighted by Crippen LogP contribution is 2.08. The third-order valence-electron chi connectivity index (χ3n) is 3.24. The molecule has 0 rings (SSSR count). The molecule has 0 spiro atoms. The number of unbranched alkanes of at least 4 members (excludes halogenated alkanes) is 3. The van der Waals surface area contributed by atoms with Crippen molar-refractivity contribution in [2.45, 2.75) is 65.8 Å². The summed E-state index contributed by atoms with van der Waals surface area (Å²) in [5.74, 6) is 0.704. The zero-order valence-corrected chi connectivity index (χ0v) is 11.7. The summed E-state index contributed by atoms with van der Waals surface area (Å²) in [5, 5.41) is 3.51. The Labute approximate surface area is 102 Å². The highest BCUT2D eigenvalue weighted by atomic mass is 16.5. The number of rotatable bonds is 11. The molecular formula is C14H31NO. The first-order valence-electron chi connectivity index (χ1n) is 7.07. The van der Waals surface area contributed by atoms with E-state index < -0.39 is 0 Å². The lowest BCUT2D eigenvalue weighted by Gasteiger charge is -2.23. The summed E-state index contributed by atoms with van der Waals surface area (Å²) in [6.07, 6.45) is 6.38. The molecule has 0 aliphatic rings. The third kappa shape index (κ3) is 8.12. The lowest BCUT2D eigenvalue weighted by atomic mass is 10.00. The van der Waals surface area contributed by atoms with Crippen molar-refractivity contribution in [3.63, 3.8) is 0 Å². The van der Waals surface area contributed by atoms with Gasteiger partial charge in [-0.1, -0.05) is 53.4 Å². The van der Waals surface area contributed by atoms with Crippen molar-refractivity contribution < 1.29 is 4.74 Å². The van der Waals surface area contributed by atoms with Gasteiger partial charge in [0.1, 0.15) is 0 Å². The van der Waals surface area contributed by atoms with Crippen LogP contribution in [0.2, 0.25) is 0 Å².